The second-order valence-corrected chi connectivity index (χ2v) is 8.74. The predicted molar refractivity (Wildman–Crippen MR) is 126 cm³/mol. The van der Waals surface area contributed by atoms with Crippen molar-refractivity contribution in [3.05, 3.63) is 80.3 Å². The van der Waals surface area contributed by atoms with Crippen LogP contribution in [0, 0.1) is 4.77 Å². The first-order valence-corrected chi connectivity index (χ1v) is 11.0. The number of hydrogen-bond donors (Lipinski definition) is 1. The molecule has 0 amide bonds. The lowest BCUT2D eigenvalue weighted by molar-refractivity contribution is 0.315. The zero-order valence-electron chi connectivity index (χ0n) is 18.6. The van der Waals surface area contributed by atoms with Gasteiger partial charge in [-0.3, -0.25) is 9.56 Å². The van der Waals surface area contributed by atoms with E-state index in [-0.39, 0.29) is 5.88 Å². The first-order chi connectivity index (χ1) is 15.3. The van der Waals surface area contributed by atoms with Gasteiger partial charge < -0.3 is 19.1 Å². The van der Waals surface area contributed by atoms with Crippen molar-refractivity contribution in [2.45, 2.75) is 26.7 Å². The van der Waals surface area contributed by atoms with E-state index in [0.29, 0.717) is 27.7 Å². The highest BCUT2D eigenvalue weighted by atomic mass is 32.1. The average molecular weight is 448 g/mol. The number of aromatic nitrogens is 2. The molecule has 0 aliphatic carbocycles. The summed E-state index contributed by atoms with van der Waals surface area (Å²) in [6.07, 6.45) is 9.82. The summed E-state index contributed by atoms with van der Waals surface area (Å²) in [4.78, 5) is 4.64. The Balaban J connectivity index is 1.56. The van der Waals surface area contributed by atoms with E-state index in [1.807, 2.05) is 44.3 Å². The van der Waals surface area contributed by atoms with Crippen LogP contribution in [0.15, 0.2) is 58.7 Å². The molecular formula is C25H25N3O3S. The second-order valence-electron chi connectivity index (χ2n) is 8.37. The Labute approximate surface area is 191 Å². The van der Waals surface area contributed by atoms with Crippen LogP contribution in [0.25, 0.3) is 11.1 Å². The third-order valence-electron chi connectivity index (χ3n) is 6.01. The lowest BCUT2D eigenvalue weighted by Crippen LogP contribution is -2.24. The highest BCUT2D eigenvalue weighted by Crippen LogP contribution is 2.33. The maximum atomic E-state index is 10.6. The number of ether oxygens (including phenoxy) is 2. The van der Waals surface area contributed by atoms with Gasteiger partial charge in [0.15, 0.2) is 4.77 Å². The largest absolute Gasteiger partial charge is 0.493 e. The zero-order chi connectivity index (χ0) is 22.6. The first-order valence-electron chi connectivity index (χ1n) is 10.6. The SMILES string of the molecule is CC1=CC(c2c(O)n(C)c(=S)n2C)=C/C(=C/C2=CC(C)=c3cc4c(cc3O2)=NCCC4)O1. The summed E-state index contributed by atoms with van der Waals surface area (Å²) in [5, 5.41) is 12.7. The van der Waals surface area contributed by atoms with Crippen molar-refractivity contribution in [3.63, 3.8) is 0 Å². The van der Waals surface area contributed by atoms with Crippen LogP contribution in [0.5, 0.6) is 11.6 Å². The fraction of sp³-hybridized carbons (Fsp3) is 0.280. The summed E-state index contributed by atoms with van der Waals surface area (Å²) in [5.74, 6) is 2.97. The van der Waals surface area contributed by atoms with Gasteiger partial charge in [-0.2, -0.15) is 0 Å². The maximum absolute atomic E-state index is 10.6. The molecule has 0 saturated carbocycles. The molecule has 3 aliphatic rings. The summed E-state index contributed by atoms with van der Waals surface area (Å²) in [6.45, 7) is 4.84. The molecule has 1 aromatic carbocycles. The van der Waals surface area contributed by atoms with E-state index >= 15 is 0 Å². The molecule has 0 spiro atoms. The van der Waals surface area contributed by atoms with Gasteiger partial charge in [0, 0.05) is 43.6 Å². The summed E-state index contributed by atoms with van der Waals surface area (Å²) >= 11 is 5.39. The molecule has 7 heteroatoms. The Morgan fingerprint density at radius 3 is 2.66 bits per heavy atom. The monoisotopic (exact) mass is 447 g/mol. The molecule has 0 radical (unpaired) electrons. The molecule has 3 aliphatic heterocycles. The van der Waals surface area contributed by atoms with Crippen LogP contribution in [-0.4, -0.2) is 20.8 Å². The van der Waals surface area contributed by atoms with Crippen molar-refractivity contribution in [3.8, 4) is 11.6 Å². The molecule has 0 bridgehead atoms. The van der Waals surface area contributed by atoms with Gasteiger partial charge in [0.05, 0.1) is 5.36 Å². The van der Waals surface area contributed by atoms with Crippen LogP contribution in [0.3, 0.4) is 0 Å². The number of allylic oxidation sites excluding steroid dienone is 6. The van der Waals surface area contributed by atoms with Crippen molar-refractivity contribution in [1.82, 2.24) is 9.13 Å². The minimum atomic E-state index is 0.119. The molecular weight excluding hydrogens is 422 g/mol. The smallest absolute Gasteiger partial charge is 0.218 e. The van der Waals surface area contributed by atoms with Gasteiger partial charge >= 0.3 is 0 Å². The Morgan fingerprint density at radius 1 is 1.09 bits per heavy atom. The van der Waals surface area contributed by atoms with E-state index in [4.69, 9.17) is 21.7 Å². The molecule has 0 unspecified atom stereocenters. The zero-order valence-corrected chi connectivity index (χ0v) is 19.4. The van der Waals surface area contributed by atoms with Crippen LogP contribution < -0.4 is 15.3 Å². The molecule has 0 saturated heterocycles. The van der Waals surface area contributed by atoms with Gasteiger partial charge in [0.2, 0.25) is 5.88 Å². The number of nitrogens with zero attached hydrogens (tertiary/aromatic N) is 3. The number of aromatic hydroxyl groups is 1. The fourth-order valence-electron chi connectivity index (χ4n) is 4.39. The van der Waals surface area contributed by atoms with Crippen molar-refractivity contribution >= 4 is 23.4 Å². The number of hydrogen-bond acceptors (Lipinski definition) is 5. The van der Waals surface area contributed by atoms with Crippen molar-refractivity contribution in [2.75, 3.05) is 6.54 Å². The summed E-state index contributed by atoms with van der Waals surface area (Å²) in [6, 6.07) is 4.25. The fourth-order valence-corrected chi connectivity index (χ4v) is 4.57. The van der Waals surface area contributed by atoms with E-state index in [2.05, 4.69) is 18.0 Å². The Morgan fingerprint density at radius 2 is 1.91 bits per heavy atom. The first kappa shape index (κ1) is 20.6. The minimum absolute atomic E-state index is 0.119. The van der Waals surface area contributed by atoms with Gasteiger partial charge in [-0.05, 0) is 74.3 Å². The molecule has 1 aromatic heterocycles. The Hall–Kier alpha value is -3.32. The van der Waals surface area contributed by atoms with Gasteiger partial charge in [-0.25, -0.2) is 0 Å². The Bertz CT molecular complexity index is 1470. The van der Waals surface area contributed by atoms with E-state index < -0.39 is 0 Å². The van der Waals surface area contributed by atoms with E-state index in [9.17, 15) is 5.11 Å². The van der Waals surface area contributed by atoms with E-state index in [1.165, 1.54) is 5.56 Å². The van der Waals surface area contributed by atoms with Crippen LogP contribution in [-0.2, 0) is 25.3 Å². The molecule has 1 N–H and O–H groups in total. The third-order valence-corrected chi connectivity index (χ3v) is 6.56. The molecule has 32 heavy (non-hydrogen) atoms. The number of imidazole rings is 1. The summed E-state index contributed by atoms with van der Waals surface area (Å²) in [5.41, 5.74) is 3.89. The number of rotatable bonds is 2. The molecule has 4 heterocycles. The van der Waals surface area contributed by atoms with Crippen LogP contribution in [0.1, 0.15) is 31.5 Å². The molecule has 6 nitrogen and oxygen atoms in total. The highest BCUT2D eigenvalue weighted by molar-refractivity contribution is 7.71. The van der Waals surface area contributed by atoms with Gasteiger partial charge in [0.25, 0.3) is 0 Å². The van der Waals surface area contributed by atoms with Crippen LogP contribution in [0.2, 0.25) is 0 Å². The van der Waals surface area contributed by atoms with Crippen molar-refractivity contribution in [2.24, 2.45) is 19.1 Å². The normalized spacial score (nSPS) is 18.6. The van der Waals surface area contributed by atoms with Crippen molar-refractivity contribution in [1.29, 1.82) is 0 Å². The number of benzene rings is 1. The van der Waals surface area contributed by atoms with E-state index in [1.54, 1.807) is 16.2 Å². The minimum Gasteiger partial charge on any atom is -0.493 e. The van der Waals surface area contributed by atoms with Crippen LogP contribution >= 0.6 is 12.2 Å². The van der Waals surface area contributed by atoms with Gasteiger partial charge in [-0.15, -0.1) is 0 Å². The third kappa shape index (κ3) is 3.42. The molecule has 2 aromatic rings. The highest BCUT2D eigenvalue weighted by Gasteiger charge is 2.20. The summed E-state index contributed by atoms with van der Waals surface area (Å²) < 4.78 is 16.1. The average Bonchev–Trinajstić information content (AvgIpc) is 2.95. The van der Waals surface area contributed by atoms with Gasteiger partial charge in [0.1, 0.15) is 28.7 Å². The molecule has 0 atom stereocenters. The maximum Gasteiger partial charge on any atom is 0.218 e. The topological polar surface area (TPSA) is 60.9 Å². The quantitative estimate of drug-likeness (QED) is 0.713. The van der Waals surface area contributed by atoms with Crippen molar-refractivity contribution < 1.29 is 14.6 Å². The predicted octanol–water partition coefficient (Wildman–Crippen LogP) is 3.71. The summed E-state index contributed by atoms with van der Waals surface area (Å²) in [7, 11) is 3.59. The number of aryl methyl sites for hydroxylation is 1. The Kier molecular flexibility index (Phi) is 4.93. The molecule has 164 valence electrons. The molecule has 0 fully saturated rings. The number of fused-ring (bicyclic) bond motifs is 2. The van der Waals surface area contributed by atoms with E-state index in [0.717, 1.165) is 46.9 Å². The lowest BCUT2D eigenvalue weighted by Gasteiger charge is -2.19. The standard InChI is InChI=1S/C25H25N3O3S/c1-14-8-18(31-22-13-21-16(11-20(14)22)6-5-7-26-21)12-19-10-17(9-15(2)30-19)23-24(29)28(4)25(32)27(23)3/h8-13,29H,5-7H2,1-4H3/b19-12-. The van der Waals surface area contributed by atoms with Crippen LogP contribution in [0.4, 0.5) is 0 Å². The molecule has 5 rings (SSSR count). The lowest BCUT2D eigenvalue weighted by atomic mass is 10.0. The van der Waals surface area contributed by atoms with Gasteiger partial charge in [-0.1, -0.05) is 0 Å². The second kappa shape index (κ2) is 7.67.